The minimum absolute atomic E-state index is 0.0573. The maximum Gasteiger partial charge on any atom is 0.205 e. The normalized spacial score (nSPS) is 14.4. The van der Waals surface area contributed by atoms with Gasteiger partial charge in [-0.25, -0.2) is 9.37 Å². The Morgan fingerprint density at radius 3 is 2.52 bits per heavy atom. The molecular formula is C19H25FN3OSi. The molecular weight excluding hydrogens is 333 g/mol. The highest BCUT2D eigenvalue weighted by Crippen LogP contribution is 2.38. The van der Waals surface area contributed by atoms with E-state index in [4.69, 9.17) is 9.69 Å². The number of nitrogens with zero attached hydrogens (tertiary/aromatic N) is 3. The van der Waals surface area contributed by atoms with E-state index >= 15 is 0 Å². The maximum absolute atomic E-state index is 14.0. The summed E-state index contributed by atoms with van der Waals surface area (Å²) in [6.07, 6.45) is 3.50. The topological polar surface area (TPSA) is 50.8 Å². The molecule has 133 valence electrons. The number of rotatable bonds is 5. The Bertz CT molecular complexity index is 774. The fraction of sp³-hybridized carbons (Fsp3) is 0.474. The van der Waals surface area contributed by atoms with Crippen LogP contribution in [-0.4, -0.2) is 18.6 Å². The molecule has 0 fully saturated rings. The number of benzene rings is 1. The fourth-order valence-electron chi connectivity index (χ4n) is 2.80. The van der Waals surface area contributed by atoms with Crippen molar-refractivity contribution in [2.24, 2.45) is 5.41 Å². The van der Waals surface area contributed by atoms with E-state index in [0.29, 0.717) is 0 Å². The summed E-state index contributed by atoms with van der Waals surface area (Å²) >= 11 is 0. The summed E-state index contributed by atoms with van der Waals surface area (Å²) < 4.78 is 22.3. The molecule has 1 radical (unpaired) electrons. The van der Waals surface area contributed by atoms with Crippen LogP contribution in [0.5, 0.6) is 0 Å². The summed E-state index contributed by atoms with van der Waals surface area (Å²) in [6, 6.07) is 6.48. The van der Waals surface area contributed by atoms with Gasteiger partial charge in [0.2, 0.25) is 9.04 Å². The lowest BCUT2D eigenvalue weighted by Gasteiger charge is -2.34. The van der Waals surface area contributed by atoms with Crippen molar-refractivity contribution in [1.29, 1.82) is 5.26 Å². The van der Waals surface area contributed by atoms with Crippen LogP contribution in [0, 0.1) is 22.6 Å². The van der Waals surface area contributed by atoms with Crippen molar-refractivity contribution in [2.75, 3.05) is 0 Å². The van der Waals surface area contributed by atoms with Crippen LogP contribution in [0.3, 0.4) is 0 Å². The van der Waals surface area contributed by atoms with E-state index in [1.807, 2.05) is 23.8 Å². The second-order valence-electron chi connectivity index (χ2n) is 7.53. The second-order valence-corrected chi connectivity index (χ2v) is 9.58. The average Bonchev–Trinajstić information content (AvgIpc) is 2.99. The number of hydrogen-bond donors (Lipinski definition) is 0. The van der Waals surface area contributed by atoms with E-state index in [9.17, 15) is 4.39 Å². The molecule has 1 heterocycles. The standard InChI is InChI=1S/C19H25FN3OSi/c1-13(14-7-8-15(10-21)16(20)9-14)23-12-22-11-17(23)18(19(2,3)4)24-25(5)6/h7-9,11-13,18H,1-6H3. The molecule has 25 heavy (non-hydrogen) atoms. The molecule has 0 aliphatic rings. The molecule has 0 N–H and O–H groups in total. The molecule has 0 saturated carbocycles. The van der Waals surface area contributed by atoms with Gasteiger partial charge in [0.1, 0.15) is 11.9 Å². The Kier molecular flexibility index (Phi) is 5.81. The van der Waals surface area contributed by atoms with Gasteiger partial charge in [0.25, 0.3) is 0 Å². The van der Waals surface area contributed by atoms with Gasteiger partial charge >= 0.3 is 0 Å². The Hall–Kier alpha value is -1.97. The molecule has 6 heteroatoms. The first kappa shape index (κ1) is 19.4. The Morgan fingerprint density at radius 2 is 2.00 bits per heavy atom. The Balaban J connectivity index is 2.43. The van der Waals surface area contributed by atoms with Crippen LogP contribution >= 0.6 is 0 Å². The highest BCUT2D eigenvalue weighted by atomic mass is 28.3. The van der Waals surface area contributed by atoms with Gasteiger partial charge in [-0.05, 0) is 43.1 Å². The molecule has 4 nitrogen and oxygen atoms in total. The van der Waals surface area contributed by atoms with Gasteiger partial charge in [-0.2, -0.15) is 5.26 Å². The number of halogens is 1. The fourth-order valence-corrected chi connectivity index (χ4v) is 3.75. The first-order valence-corrected chi connectivity index (χ1v) is 10.7. The van der Waals surface area contributed by atoms with Crippen LogP contribution in [0.4, 0.5) is 4.39 Å². The molecule has 2 unspecified atom stereocenters. The van der Waals surface area contributed by atoms with Gasteiger partial charge in [0, 0.05) is 0 Å². The van der Waals surface area contributed by atoms with E-state index < -0.39 is 14.9 Å². The van der Waals surface area contributed by atoms with E-state index in [0.717, 1.165) is 11.3 Å². The van der Waals surface area contributed by atoms with Gasteiger partial charge in [-0.15, -0.1) is 0 Å². The number of hydrogen-bond acceptors (Lipinski definition) is 3. The number of imidazole rings is 1. The van der Waals surface area contributed by atoms with Crippen molar-refractivity contribution in [3.05, 3.63) is 53.4 Å². The molecule has 2 rings (SSSR count). The Morgan fingerprint density at radius 1 is 1.32 bits per heavy atom. The predicted octanol–water partition coefficient (Wildman–Crippen LogP) is 4.86. The van der Waals surface area contributed by atoms with Gasteiger partial charge in [-0.3, -0.25) is 0 Å². The van der Waals surface area contributed by atoms with Gasteiger partial charge < -0.3 is 8.99 Å². The molecule has 0 aliphatic heterocycles. The SMILES string of the molecule is CC(c1ccc(C#N)c(F)c1)n1cncc1C(O[Si](C)C)C(C)(C)C. The third-order valence-corrected chi connectivity index (χ3v) is 4.83. The van der Waals surface area contributed by atoms with Crippen molar-refractivity contribution >= 4 is 9.04 Å². The quantitative estimate of drug-likeness (QED) is 0.717. The molecule has 0 aliphatic carbocycles. The molecule has 0 bridgehead atoms. The van der Waals surface area contributed by atoms with E-state index in [1.54, 1.807) is 12.4 Å². The van der Waals surface area contributed by atoms with Gasteiger partial charge in [-0.1, -0.05) is 26.8 Å². The average molecular weight is 359 g/mol. The lowest BCUT2D eigenvalue weighted by atomic mass is 9.87. The van der Waals surface area contributed by atoms with Crippen LogP contribution < -0.4 is 0 Å². The van der Waals surface area contributed by atoms with E-state index in [-0.39, 0.29) is 23.1 Å². The monoisotopic (exact) mass is 358 g/mol. The molecule has 0 saturated heterocycles. The molecule has 0 amide bonds. The highest BCUT2D eigenvalue weighted by Gasteiger charge is 2.31. The zero-order valence-electron chi connectivity index (χ0n) is 15.7. The minimum Gasteiger partial charge on any atom is -0.408 e. The van der Waals surface area contributed by atoms with Gasteiger partial charge in [0.05, 0.1) is 35.9 Å². The molecule has 1 aromatic carbocycles. The zero-order chi connectivity index (χ0) is 18.8. The van der Waals surface area contributed by atoms with Crippen LogP contribution in [-0.2, 0) is 4.43 Å². The summed E-state index contributed by atoms with van der Waals surface area (Å²) in [6.45, 7) is 12.7. The molecule has 2 atom stereocenters. The Labute approximate surface area is 151 Å². The summed E-state index contributed by atoms with van der Waals surface area (Å²) in [7, 11) is -0.899. The van der Waals surface area contributed by atoms with Crippen LogP contribution in [0.2, 0.25) is 13.1 Å². The smallest absolute Gasteiger partial charge is 0.205 e. The number of nitriles is 1. The van der Waals surface area contributed by atoms with Crippen LogP contribution in [0.25, 0.3) is 0 Å². The lowest BCUT2D eigenvalue weighted by molar-refractivity contribution is 0.0786. The zero-order valence-corrected chi connectivity index (χ0v) is 16.7. The van der Waals surface area contributed by atoms with E-state index in [2.05, 4.69) is 38.8 Å². The first-order chi connectivity index (χ1) is 11.6. The summed E-state index contributed by atoms with van der Waals surface area (Å²) in [5.41, 5.74) is 1.75. The van der Waals surface area contributed by atoms with Crippen molar-refractivity contribution < 1.29 is 8.82 Å². The van der Waals surface area contributed by atoms with Crippen molar-refractivity contribution in [3.8, 4) is 6.07 Å². The highest BCUT2D eigenvalue weighted by molar-refractivity contribution is 6.48. The summed E-state index contributed by atoms with van der Waals surface area (Å²) in [4.78, 5) is 4.31. The number of aromatic nitrogens is 2. The van der Waals surface area contributed by atoms with Crippen LogP contribution in [0.1, 0.15) is 56.7 Å². The second kappa shape index (κ2) is 7.50. The molecule has 0 spiro atoms. The van der Waals surface area contributed by atoms with Crippen molar-refractivity contribution in [1.82, 2.24) is 9.55 Å². The minimum atomic E-state index is -0.899. The maximum atomic E-state index is 14.0. The van der Waals surface area contributed by atoms with Crippen molar-refractivity contribution in [2.45, 2.75) is 52.9 Å². The third kappa shape index (κ3) is 4.36. The summed E-state index contributed by atoms with van der Waals surface area (Å²) in [5, 5.41) is 8.90. The first-order valence-electron chi connectivity index (χ1n) is 8.33. The summed E-state index contributed by atoms with van der Waals surface area (Å²) in [5.74, 6) is -0.496. The predicted molar refractivity (Wildman–Crippen MR) is 97.9 cm³/mol. The van der Waals surface area contributed by atoms with Crippen molar-refractivity contribution in [3.63, 3.8) is 0 Å². The third-order valence-electron chi connectivity index (χ3n) is 4.12. The lowest BCUT2D eigenvalue weighted by Crippen LogP contribution is -2.28. The van der Waals surface area contributed by atoms with E-state index in [1.165, 1.54) is 12.1 Å². The molecule has 1 aromatic heterocycles. The largest absolute Gasteiger partial charge is 0.408 e. The van der Waals surface area contributed by atoms with Crippen LogP contribution in [0.15, 0.2) is 30.7 Å². The molecule has 2 aromatic rings. The van der Waals surface area contributed by atoms with Gasteiger partial charge in [0.15, 0.2) is 0 Å².